The molecule has 0 amide bonds. The average molecular weight is 210 g/mol. The molecule has 4 nitrogen and oxygen atoms in total. The smallest absolute Gasteiger partial charge is 0.213 e. The molecule has 1 unspecified atom stereocenters. The van der Waals surface area contributed by atoms with Crippen LogP contribution in [0.25, 0.3) is 0 Å². The van der Waals surface area contributed by atoms with E-state index in [1.807, 2.05) is 12.1 Å². The Bertz CT molecular complexity index is 290. The molecule has 2 N–H and O–H groups in total. The molecule has 0 radical (unpaired) electrons. The van der Waals surface area contributed by atoms with Crippen LogP contribution in [-0.4, -0.2) is 29.8 Å². The maximum atomic E-state index is 9.06. The first-order valence-electron chi connectivity index (χ1n) is 5.10. The van der Waals surface area contributed by atoms with Gasteiger partial charge in [-0.3, -0.25) is 0 Å². The fourth-order valence-corrected chi connectivity index (χ4v) is 1.22. The SMILES string of the molecule is COc1cc(CNCCC(C)O)ccn1. The number of rotatable bonds is 6. The summed E-state index contributed by atoms with van der Waals surface area (Å²) in [5.74, 6) is 0.629. The number of ether oxygens (including phenoxy) is 1. The van der Waals surface area contributed by atoms with E-state index in [0.29, 0.717) is 5.88 Å². The van der Waals surface area contributed by atoms with Crippen molar-refractivity contribution in [3.63, 3.8) is 0 Å². The summed E-state index contributed by atoms with van der Waals surface area (Å²) in [5, 5.41) is 12.3. The van der Waals surface area contributed by atoms with E-state index in [0.717, 1.165) is 25.1 Å². The number of hydrogen-bond acceptors (Lipinski definition) is 4. The van der Waals surface area contributed by atoms with Gasteiger partial charge in [0.15, 0.2) is 0 Å². The molecule has 0 aliphatic carbocycles. The molecule has 1 atom stereocenters. The van der Waals surface area contributed by atoms with E-state index in [2.05, 4.69) is 10.3 Å². The van der Waals surface area contributed by atoms with Crippen molar-refractivity contribution in [3.8, 4) is 5.88 Å². The van der Waals surface area contributed by atoms with Gasteiger partial charge in [-0.05, 0) is 31.5 Å². The molecule has 0 aliphatic heterocycles. The molecule has 15 heavy (non-hydrogen) atoms. The van der Waals surface area contributed by atoms with E-state index in [4.69, 9.17) is 9.84 Å². The third kappa shape index (κ3) is 4.76. The summed E-state index contributed by atoms with van der Waals surface area (Å²) in [6, 6.07) is 3.84. The maximum Gasteiger partial charge on any atom is 0.213 e. The second-order valence-electron chi connectivity index (χ2n) is 3.52. The molecule has 0 spiro atoms. The molecule has 1 aromatic rings. The molecule has 1 rings (SSSR count). The number of aliphatic hydroxyl groups excluding tert-OH is 1. The topological polar surface area (TPSA) is 54.4 Å². The fraction of sp³-hybridized carbons (Fsp3) is 0.545. The van der Waals surface area contributed by atoms with Gasteiger partial charge in [-0.15, -0.1) is 0 Å². The first-order chi connectivity index (χ1) is 7.22. The molecule has 1 heterocycles. The number of aliphatic hydroxyl groups is 1. The summed E-state index contributed by atoms with van der Waals surface area (Å²) >= 11 is 0. The van der Waals surface area contributed by atoms with Gasteiger partial charge in [0.05, 0.1) is 13.2 Å². The van der Waals surface area contributed by atoms with Gasteiger partial charge >= 0.3 is 0 Å². The Hall–Kier alpha value is -1.13. The lowest BCUT2D eigenvalue weighted by molar-refractivity contribution is 0.183. The summed E-state index contributed by atoms with van der Waals surface area (Å²) < 4.78 is 5.02. The van der Waals surface area contributed by atoms with E-state index >= 15 is 0 Å². The van der Waals surface area contributed by atoms with Gasteiger partial charge < -0.3 is 15.2 Å². The van der Waals surface area contributed by atoms with Crippen LogP contribution in [0.2, 0.25) is 0 Å². The van der Waals surface area contributed by atoms with Crippen molar-refractivity contribution in [1.82, 2.24) is 10.3 Å². The van der Waals surface area contributed by atoms with Crippen LogP contribution in [0, 0.1) is 0 Å². The Morgan fingerprint density at radius 3 is 3.07 bits per heavy atom. The Labute approximate surface area is 90.3 Å². The minimum absolute atomic E-state index is 0.246. The van der Waals surface area contributed by atoms with Gasteiger partial charge in [-0.25, -0.2) is 4.98 Å². The lowest BCUT2D eigenvalue weighted by Crippen LogP contribution is -2.18. The molecular weight excluding hydrogens is 192 g/mol. The number of nitrogens with one attached hydrogen (secondary N) is 1. The lowest BCUT2D eigenvalue weighted by Gasteiger charge is -2.07. The van der Waals surface area contributed by atoms with E-state index in [1.54, 1.807) is 20.2 Å². The van der Waals surface area contributed by atoms with Gasteiger partial charge in [-0.2, -0.15) is 0 Å². The Balaban J connectivity index is 2.30. The zero-order valence-electron chi connectivity index (χ0n) is 9.23. The average Bonchev–Trinajstić information content (AvgIpc) is 2.24. The number of hydrogen-bond donors (Lipinski definition) is 2. The van der Waals surface area contributed by atoms with Crippen molar-refractivity contribution in [2.45, 2.75) is 26.0 Å². The third-order valence-electron chi connectivity index (χ3n) is 2.08. The maximum absolute atomic E-state index is 9.06. The third-order valence-corrected chi connectivity index (χ3v) is 2.08. The lowest BCUT2D eigenvalue weighted by atomic mass is 10.2. The highest BCUT2D eigenvalue weighted by molar-refractivity contribution is 5.20. The monoisotopic (exact) mass is 210 g/mol. The van der Waals surface area contributed by atoms with Crippen LogP contribution in [0.1, 0.15) is 18.9 Å². The highest BCUT2D eigenvalue weighted by Crippen LogP contribution is 2.07. The van der Waals surface area contributed by atoms with Crippen LogP contribution in [0.15, 0.2) is 18.3 Å². The number of aromatic nitrogens is 1. The van der Waals surface area contributed by atoms with Crippen molar-refractivity contribution in [2.24, 2.45) is 0 Å². The van der Waals surface area contributed by atoms with Crippen LogP contribution in [0.5, 0.6) is 5.88 Å². The van der Waals surface area contributed by atoms with Gasteiger partial charge in [0.1, 0.15) is 0 Å². The van der Waals surface area contributed by atoms with Crippen LogP contribution in [0.3, 0.4) is 0 Å². The van der Waals surface area contributed by atoms with Crippen LogP contribution in [-0.2, 0) is 6.54 Å². The van der Waals surface area contributed by atoms with Gasteiger partial charge in [0, 0.05) is 18.8 Å². The van der Waals surface area contributed by atoms with Crippen molar-refractivity contribution in [1.29, 1.82) is 0 Å². The molecule has 84 valence electrons. The molecule has 0 aliphatic rings. The van der Waals surface area contributed by atoms with E-state index in [1.165, 1.54) is 0 Å². The highest BCUT2D eigenvalue weighted by atomic mass is 16.5. The summed E-state index contributed by atoms with van der Waals surface area (Å²) in [4.78, 5) is 4.02. The first-order valence-corrected chi connectivity index (χ1v) is 5.10. The van der Waals surface area contributed by atoms with Crippen LogP contribution < -0.4 is 10.1 Å². The summed E-state index contributed by atoms with van der Waals surface area (Å²) in [6.45, 7) is 3.37. The summed E-state index contributed by atoms with van der Waals surface area (Å²) in [7, 11) is 1.60. The fourth-order valence-electron chi connectivity index (χ4n) is 1.22. The van der Waals surface area contributed by atoms with E-state index in [-0.39, 0.29) is 6.10 Å². The molecule has 0 bridgehead atoms. The Morgan fingerprint density at radius 1 is 1.60 bits per heavy atom. The largest absolute Gasteiger partial charge is 0.481 e. The van der Waals surface area contributed by atoms with Crippen molar-refractivity contribution in [3.05, 3.63) is 23.9 Å². The van der Waals surface area contributed by atoms with E-state index in [9.17, 15) is 0 Å². The zero-order chi connectivity index (χ0) is 11.1. The molecule has 0 aromatic carbocycles. The molecule has 0 fully saturated rings. The second-order valence-corrected chi connectivity index (χ2v) is 3.52. The standard InChI is InChI=1S/C11H18N2O2/c1-9(14)3-5-12-8-10-4-6-13-11(7-10)15-2/h4,6-7,9,12,14H,3,5,8H2,1-2H3. The van der Waals surface area contributed by atoms with Crippen LogP contribution >= 0.6 is 0 Å². The highest BCUT2D eigenvalue weighted by Gasteiger charge is 1.98. The molecule has 0 saturated heterocycles. The minimum atomic E-state index is -0.246. The number of methoxy groups -OCH3 is 1. The molecule has 1 aromatic heterocycles. The number of pyridine rings is 1. The Morgan fingerprint density at radius 2 is 2.40 bits per heavy atom. The second kappa shape index (κ2) is 6.37. The summed E-state index contributed by atoms with van der Waals surface area (Å²) in [6.07, 6.45) is 2.25. The van der Waals surface area contributed by atoms with Crippen molar-refractivity contribution in [2.75, 3.05) is 13.7 Å². The minimum Gasteiger partial charge on any atom is -0.481 e. The predicted molar refractivity (Wildman–Crippen MR) is 58.8 cm³/mol. The van der Waals surface area contributed by atoms with Crippen molar-refractivity contribution < 1.29 is 9.84 Å². The normalized spacial score (nSPS) is 12.5. The van der Waals surface area contributed by atoms with Crippen LogP contribution in [0.4, 0.5) is 0 Å². The van der Waals surface area contributed by atoms with Gasteiger partial charge in [0.2, 0.25) is 5.88 Å². The van der Waals surface area contributed by atoms with Gasteiger partial charge in [-0.1, -0.05) is 0 Å². The first kappa shape index (κ1) is 11.9. The summed E-state index contributed by atoms with van der Waals surface area (Å²) in [5.41, 5.74) is 1.13. The molecular formula is C11H18N2O2. The van der Waals surface area contributed by atoms with E-state index < -0.39 is 0 Å². The quantitative estimate of drug-likeness (QED) is 0.686. The zero-order valence-corrected chi connectivity index (χ0v) is 9.23. The van der Waals surface area contributed by atoms with Gasteiger partial charge in [0.25, 0.3) is 0 Å². The Kier molecular flexibility index (Phi) is 5.07. The molecule has 0 saturated carbocycles. The number of nitrogens with zero attached hydrogens (tertiary/aromatic N) is 1. The molecule has 4 heteroatoms. The predicted octanol–water partition coefficient (Wildman–Crippen LogP) is 0.951. The van der Waals surface area contributed by atoms with Crippen molar-refractivity contribution >= 4 is 0 Å².